The fourth-order valence-electron chi connectivity index (χ4n) is 2.81. The Morgan fingerprint density at radius 3 is 2.65 bits per heavy atom. The summed E-state index contributed by atoms with van der Waals surface area (Å²) in [6.45, 7) is 2.48. The first-order valence-electron chi connectivity index (χ1n) is 7.59. The van der Waals surface area contributed by atoms with Gasteiger partial charge in [0.25, 0.3) is 0 Å². The molecule has 3 aromatic rings. The van der Waals surface area contributed by atoms with Crippen LogP contribution in [-0.4, -0.2) is 22.8 Å². The van der Waals surface area contributed by atoms with E-state index in [4.69, 9.17) is 0 Å². The molecule has 0 spiro atoms. The number of aromatic nitrogens is 1. The predicted molar refractivity (Wildman–Crippen MR) is 89.6 cm³/mol. The van der Waals surface area contributed by atoms with E-state index in [0.29, 0.717) is 6.54 Å². The van der Waals surface area contributed by atoms with Crippen molar-refractivity contribution in [2.75, 3.05) is 7.05 Å². The van der Waals surface area contributed by atoms with E-state index in [-0.39, 0.29) is 18.1 Å². The summed E-state index contributed by atoms with van der Waals surface area (Å²) in [5.74, 6) is -0.273. The van der Waals surface area contributed by atoms with Crippen LogP contribution >= 0.6 is 0 Å². The van der Waals surface area contributed by atoms with Crippen molar-refractivity contribution in [2.45, 2.75) is 19.9 Å². The van der Waals surface area contributed by atoms with Crippen LogP contribution in [0.3, 0.4) is 0 Å². The first-order valence-corrected chi connectivity index (χ1v) is 7.59. The molecule has 118 valence electrons. The average molecular weight is 310 g/mol. The highest BCUT2D eigenvalue weighted by molar-refractivity contribution is 5.90. The molecule has 0 saturated heterocycles. The summed E-state index contributed by atoms with van der Waals surface area (Å²) in [4.78, 5) is 17.4. The lowest BCUT2D eigenvalue weighted by Gasteiger charge is -2.17. The van der Waals surface area contributed by atoms with Gasteiger partial charge in [0, 0.05) is 30.2 Å². The number of fused-ring (bicyclic) bond motifs is 1. The van der Waals surface area contributed by atoms with Gasteiger partial charge in [-0.3, -0.25) is 4.79 Å². The maximum absolute atomic E-state index is 13.5. The molecule has 1 N–H and O–H groups in total. The summed E-state index contributed by atoms with van der Waals surface area (Å²) >= 11 is 0. The van der Waals surface area contributed by atoms with E-state index >= 15 is 0 Å². The maximum atomic E-state index is 13.5. The quantitative estimate of drug-likeness (QED) is 0.781. The first-order chi connectivity index (χ1) is 11.0. The maximum Gasteiger partial charge on any atom is 0.227 e. The number of likely N-dealkylation sites (N-methyl/N-ethyl adjacent to an activating group) is 1. The number of carbonyl (C=O) groups is 1. The Labute approximate surface area is 134 Å². The smallest absolute Gasteiger partial charge is 0.227 e. The van der Waals surface area contributed by atoms with Gasteiger partial charge < -0.3 is 9.88 Å². The fourth-order valence-corrected chi connectivity index (χ4v) is 2.81. The van der Waals surface area contributed by atoms with E-state index in [1.165, 1.54) is 12.1 Å². The van der Waals surface area contributed by atoms with Gasteiger partial charge in [-0.05, 0) is 36.2 Å². The third-order valence-electron chi connectivity index (χ3n) is 4.10. The number of amides is 1. The lowest BCUT2D eigenvalue weighted by molar-refractivity contribution is -0.129. The van der Waals surface area contributed by atoms with Gasteiger partial charge in [0.1, 0.15) is 5.82 Å². The highest BCUT2D eigenvalue weighted by Crippen LogP contribution is 2.24. The first kappa shape index (κ1) is 15.3. The van der Waals surface area contributed by atoms with Crippen molar-refractivity contribution in [3.05, 3.63) is 71.2 Å². The molecule has 1 aromatic heterocycles. The van der Waals surface area contributed by atoms with Crippen LogP contribution < -0.4 is 0 Å². The number of aromatic amines is 1. The molecule has 1 amide bonds. The van der Waals surface area contributed by atoms with Gasteiger partial charge in [-0.15, -0.1) is 0 Å². The standard InChI is InChI=1S/C19H19FN2O/c1-13-16(17-10-15(20)8-9-18(17)21-13)11-19(23)22(2)12-14-6-4-3-5-7-14/h3-10,21H,11-12H2,1-2H3. The second kappa shape index (κ2) is 6.24. The van der Waals surface area contributed by atoms with Crippen LogP contribution in [0.2, 0.25) is 0 Å². The molecular formula is C19H19FN2O. The number of halogens is 1. The SMILES string of the molecule is Cc1[nH]c2ccc(F)cc2c1CC(=O)N(C)Cc1ccccc1. The Hall–Kier alpha value is -2.62. The van der Waals surface area contributed by atoms with Crippen molar-refractivity contribution in [1.29, 1.82) is 0 Å². The van der Waals surface area contributed by atoms with Crippen LogP contribution in [-0.2, 0) is 17.8 Å². The Balaban J connectivity index is 1.80. The van der Waals surface area contributed by atoms with Crippen LogP contribution in [0.1, 0.15) is 16.8 Å². The topological polar surface area (TPSA) is 36.1 Å². The number of nitrogens with one attached hydrogen (secondary N) is 1. The monoisotopic (exact) mass is 310 g/mol. The summed E-state index contributed by atoms with van der Waals surface area (Å²) in [6.07, 6.45) is 0.263. The molecule has 0 aliphatic heterocycles. The van der Waals surface area contributed by atoms with Crippen LogP contribution in [0, 0.1) is 12.7 Å². The molecule has 0 aliphatic rings. The summed E-state index contributed by atoms with van der Waals surface area (Å²) in [5, 5.41) is 0.781. The van der Waals surface area contributed by atoms with E-state index in [2.05, 4.69) is 4.98 Å². The molecule has 0 fully saturated rings. The van der Waals surface area contributed by atoms with Gasteiger partial charge in [0.2, 0.25) is 5.91 Å². The molecule has 0 radical (unpaired) electrons. The number of H-pyrrole nitrogens is 1. The molecule has 0 bridgehead atoms. The highest BCUT2D eigenvalue weighted by atomic mass is 19.1. The third kappa shape index (κ3) is 3.26. The third-order valence-corrected chi connectivity index (χ3v) is 4.10. The molecule has 23 heavy (non-hydrogen) atoms. The lowest BCUT2D eigenvalue weighted by atomic mass is 10.1. The summed E-state index contributed by atoms with van der Waals surface area (Å²) < 4.78 is 13.5. The minimum absolute atomic E-state index is 0.0158. The molecule has 0 atom stereocenters. The van der Waals surface area contributed by atoms with Gasteiger partial charge in [-0.25, -0.2) is 4.39 Å². The van der Waals surface area contributed by atoms with E-state index < -0.39 is 0 Å². The Kier molecular flexibility index (Phi) is 4.15. The number of nitrogens with zero attached hydrogens (tertiary/aromatic N) is 1. The molecule has 2 aromatic carbocycles. The van der Waals surface area contributed by atoms with Crippen molar-refractivity contribution in [1.82, 2.24) is 9.88 Å². The number of aryl methyl sites for hydroxylation is 1. The molecule has 1 heterocycles. The molecular weight excluding hydrogens is 291 g/mol. The van der Waals surface area contributed by atoms with Crippen molar-refractivity contribution < 1.29 is 9.18 Å². The van der Waals surface area contributed by atoms with Crippen LogP contribution in [0.25, 0.3) is 10.9 Å². The van der Waals surface area contributed by atoms with Gasteiger partial charge in [-0.1, -0.05) is 30.3 Å². The Bertz CT molecular complexity index is 839. The number of carbonyl (C=O) groups excluding carboxylic acids is 1. The minimum atomic E-state index is -0.289. The van der Waals surface area contributed by atoms with Crippen molar-refractivity contribution in [3.63, 3.8) is 0 Å². The average Bonchev–Trinajstić information content (AvgIpc) is 2.84. The zero-order valence-corrected chi connectivity index (χ0v) is 13.3. The number of benzene rings is 2. The second-order valence-corrected chi connectivity index (χ2v) is 5.83. The van der Waals surface area contributed by atoms with E-state index in [1.54, 1.807) is 18.0 Å². The van der Waals surface area contributed by atoms with Gasteiger partial charge in [0.15, 0.2) is 0 Å². The molecule has 0 aliphatic carbocycles. The summed E-state index contributed by atoms with van der Waals surface area (Å²) in [6, 6.07) is 14.5. The van der Waals surface area contributed by atoms with Gasteiger partial charge in [-0.2, -0.15) is 0 Å². The van der Waals surface area contributed by atoms with E-state index in [0.717, 1.165) is 27.7 Å². The second-order valence-electron chi connectivity index (χ2n) is 5.83. The van der Waals surface area contributed by atoms with E-state index in [9.17, 15) is 9.18 Å². The zero-order valence-electron chi connectivity index (χ0n) is 13.3. The summed E-state index contributed by atoms with van der Waals surface area (Å²) in [7, 11) is 1.79. The normalized spacial score (nSPS) is 10.9. The largest absolute Gasteiger partial charge is 0.358 e. The van der Waals surface area contributed by atoms with Crippen LogP contribution in [0.5, 0.6) is 0 Å². The molecule has 3 nitrogen and oxygen atoms in total. The van der Waals surface area contributed by atoms with Crippen molar-refractivity contribution >= 4 is 16.8 Å². The van der Waals surface area contributed by atoms with E-state index in [1.807, 2.05) is 37.3 Å². The van der Waals surface area contributed by atoms with Crippen molar-refractivity contribution in [3.8, 4) is 0 Å². The van der Waals surface area contributed by atoms with Crippen LogP contribution in [0.4, 0.5) is 4.39 Å². The summed E-state index contributed by atoms with van der Waals surface area (Å²) in [5.41, 5.74) is 3.72. The predicted octanol–water partition coefficient (Wildman–Crippen LogP) is 3.82. The van der Waals surface area contributed by atoms with Gasteiger partial charge >= 0.3 is 0 Å². The fraction of sp³-hybridized carbons (Fsp3) is 0.211. The molecule has 0 saturated carbocycles. The minimum Gasteiger partial charge on any atom is -0.358 e. The zero-order chi connectivity index (χ0) is 16.4. The molecule has 4 heteroatoms. The number of rotatable bonds is 4. The number of hydrogen-bond acceptors (Lipinski definition) is 1. The highest BCUT2D eigenvalue weighted by Gasteiger charge is 2.16. The lowest BCUT2D eigenvalue weighted by Crippen LogP contribution is -2.27. The molecule has 0 unspecified atom stereocenters. The molecule has 3 rings (SSSR count). The van der Waals surface area contributed by atoms with Crippen molar-refractivity contribution in [2.24, 2.45) is 0 Å². The number of hydrogen-bond donors (Lipinski definition) is 1. The van der Waals surface area contributed by atoms with Crippen LogP contribution in [0.15, 0.2) is 48.5 Å². The van der Waals surface area contributed by atoms with Gasteiger partial charge in [0.05, 0.1) is 6.42 Å². The Morgan fingerprint density at radius 2 is 1.91 bits per heavy atom. The Morgan fingerprint density at radius 1 is 1.17 bits per heavy atom.